The highest BCUT2D eigenvalue weighted by atomic mass is 16.3. The maximum atomic E-state index is 11.3. The van der Waals surface area contributed by atoms with Crippen molar-refractivity contribution in [3.63, 3.8) is 0 Å². The molecule has 1 unspecified atom stereocenters. The number of carbonyl (C=O) groups excluding carboxylic acids is 1. The zero-order valence-corrected chi connectivity index (χ0v) is 16.0. The molecule has 1 aromatic heterocycles. The lowest BCUT2D eigenvalue weighted by Gasteiger charge is -2.57. The Hall–Kier alpha value is -1.57. The molecular weight excluding hydrogens is 320 g/mol. The molecule has 2 heteroatoms. The zero-order valence-electron chi connectivity index (χ0n) is 16.0. The van der Waals surface area contributed by atoms with Crippen molar-refractivity contribution in [2.45, 2.75) is 58.8 Å². The van der Waals surface area contributed by atoms with Crippen LogP contribution in [0.5, 0.6) is 0 Å². The predicted molar refractivity (Wildman–Crippen MR) is 103 cm³/mol. The Morgan fingerprint density at radius 2 is 1.92 bits per heavy atom. The summed E-state index contributed by atoms with van der Waals surface area (Å²) in [4.78, 5) is 11.3. The van der Waals surface area contributed by atoms with E-state index in [0.29, 0.717) is 10.8 Å². The normalized spacial score (nSPS) is 44.4. The fourth-order valence-electron chi connectivity index (χ4n) is 7.24. The number of fused-ring (bicyclic) bond motifs is 5. The molecule has 1 heterocycles. The van der Waals surface area contributed by atoms with Gasteiger partial charge in [0.15, 0.2) is 0 Å². The van der Waals surface area contributed by atoms with Crippen LogP contribution in [0.25, 0.3) is 5.57 Å². The summed E-state index contributed by atoms with van der Waals surface area (Å²) in [6.07, 6.45) is 18.3. The quantitative estimate of drug-likeness (QED) is 0.480. The van der Waals surface area contributed by atoms with Gasteiger partial charge < -0.3 is 9.21 Å². The standard InChI is InChI=1S/C24H30O2/c1-23-10-7-16(14-25)13-18(23)3-4-19-21-6-5-20(17-9-12-26-15-17)24(21,2)11-8-22(19)23/h3,5,9,12,14-16,19,21-22H,4,6-8,10-11,13H2,1-2H3/t16?,19-,21-,22-,23-,24+/m0/s1. The minimum atomic E-state index is 0.264. The molecule has 0 aromatic carbocycles. The Labute approximate surface area is 156 Å². The van der Waals surface area contributed by atoms with Gasteiger partial charge in [0.1, 0.15) is 6.29 Å². The van der Waals surface area contributed by atoms with Gasteiger partial charge in [-0.2, -0.15) is 0 Å². The molecule has 5 rings (SSSR count). The van der Waals surface area contributed by atoms with Gasteiger partial charge >= 0.3 is 0 Å². The summed E-state index contributed by atoms with van der Waals surface area (Å²) in [7, 11) is 0. The Bertz CT molecular complexity index is 770. The van der Waals surface area contributed by atoms with Crippen LogP contribution in [0.1, 0.15) is 64.4 Å². The van der Waals surface area contributed by atoms with Crippen molar-refractivity contribution in [3.8, 4) is 0 Å². The molecule has 0 bridgehead atoms. The number of hydrogen-bond acceptors (Lipinski definition) is 2. The maximum absolute atomic E-state index is 11.3. The van der Waals surface area contributed by atoms with Crippen LogP contribution in [-0.2, 0) is 4.79 Å². The van der Waals surface area contributed by atoms with Crippen molar-refractivity contribution in [1.29, 1.82) is 0 Å². The number of rotatable bonds is 2. The highest BCUT2D eigenvalue weighted by molar-refractivity contribution is 5.72. The fourth-order valence-corrected chi connectivity index (χ4v) is 7.24. The number of allylic oxidation sites excluding steroid dienone is 4. The molecule has 4 aliphatic carbocycles. The summed E-state index contributed by atoms with van der Waals surface area (Å²) >= 11 is 0. The third kappa shape index (κ3) is 2.14. The summed E-state index contributed by atoms with van der Waals surface area (Å²) in [6, 6.07) is 2.13. The van der Waals surface area contributed by atoms with E-state index >= 15 is 0 Å². The van der Waals surface area contributed by atoms with Crippen LogP contribution in [0, 0.1) is 34.5 Å². The summed E-state index contributed by atoms with van der Waals surface area (Å²) in [5.74, 6) is 2.60. The lowest BCUT2D eigenvalue weighted by atomic mass is 9.47. The van der Waals surface area contributed by atoms with Crippen molar-refractivity contribution in [2.75, 3.05) is 0 Å². The average molecular weight is 351 g/mol. The molecule has 2 nitrogen and oxygen atoms in total. The zero-order chi connectivity index (χ0) is 17.9. The molecule has 26 heavy (non-hydrogen) atoms. The Balaban J connectivity index is 1.46. The van der Waals surface area contributed by atoms with E-state index in [9.17, 15) is 4.79 Å². The van der Waals surface area contributed by atoms with Crippen molar-refractivity contribution in [2.24, 2.45) is 34.5 Å². The molecule has 0 aliphatic heterocycles. The van der Waals surface area contributed by atoms with Gasteiger partial charge in [0.2, 0.25) is 0 Å². The Morgan fingerprint density at radius 1 is 1.08 bits per heavy atom. The number of carbonyl (C=O) groups is 1. The first kappa shape index (κ1) is 16.6. The van der Waals surface area contributed by atoms with E-state index in [1.807, 2.05) is 6.26 Å². The van der Waals surface area contributed by atoms with Crippen LogP contribution in [0.3, 0.4) is 0 Å². The molecule has 2 fully saturated rings. The van der Waals surface area contributed by atoms with Crippen LogP contribution in [0.4, 0.5) is 0 Å². The monoisotopic (exact) mass is 350 g/mol. The van der Waals surface area contributed by atoms with Crippen LogP contribution < -0.4 is 0 Å². The van der Waals surface area contributed by atoms with E-state index in [1.54, 1.807) is 11.8 Å². The lowest BCUT2D eigenvalue weighted by molar-refractivity contribution is -0.112. The topological polar surface area (TPSA) is 30.2 Å². The van der Waals surface area contributed by atoms with E-state index in [1.165, 1.54) is 49.5 Å². The summed E-state index contributed by atoms with van der Waals surface area (Å²) in [6.45, 7) is 5.02. The second-order valence-electron chi connectivity index (χ2n) is 9.72. The summed E-state index contributed by atoms with van der Waals surface area (Å²) in [5.41, 5.74) is 5.05. The fraction of sp³-hybridized carbons (Fsp3) is 0.625. The molecule has 0 amide bonds. The Morgan fingerprint density at radius 3 is 2.69 bits per heavy atom. The van der Waals surface area contributed by atoms with Crippen LogP contribution in [0.2, 0.25) is 0 Å². The highest BCUT2D eigenvalue weighted by Crippen LogP contribution is 2.66. The summed E-state index contributed by atoms with van der Waals surface area (Å²) < 4.78 is 5.39. The lowest BCUT2D eigenvalue weighted by Crippen LogP contribution is -2.49. The van der Waals surface area contributed by atoms with E-state index in [2.05, 4.69) is 32.1 Å². The van der Waals surface area contributed by atoms with Gasteiger partial charge in [0.05, 0.1) is 12.5 Å². The van der Waals surface area contributed by atoms with Crippen molar-refractivity contribution in [3.05, 3.63) is 41.9 Å². The first-order valence-corrected chi connectivity index (χ1v) is 10.4. The molecule has 6 atom stereocenters. The van der Waals surface area contributed by atoms with Gasteiger partial charge in [-0.15, -0.1) is 0 Å². The highest BCUT2D eigenvalue weighted by Gasteiger charge is 2.56. The van der Waals surface area contributed by atoms with E-state index < -0.39 is 0 Å². The van der Waals surface area contributed by atoms with E-state index in [4.69, 9.17) is 4.42 Å². The average Bonchev–Trinajstić information content (AvgIpc) is 3.27. The minimum absolute atomic E-state index is 0.264. The molecule has 2 saturated carbocycles. The third-order valence-corrected chi connectivity index (χ3v) is 8.75. The molecule has 0 radical (unpaired) electrons. The molecule has 0 saturated heterocycles. The first-order chi connectivity index (χ1) is 12.6. The molecule has 0 spiro atoms. The minimum Gasteiger partial charge on any atom is -0.472 e. The largest absolute Gasteiger partial charge is 0.472 e. The molecule has 0 N–H and O–H groups in total. The Kier molecular flexibility index (Phi) is 3.64. The maximum Gasteiger partial charge on any atom is 0.123 e. The van der Waals surface area contributed by atoms with Gasteiger partial charge in [-0.25, -0.2) is 0 Å². The van der Waals surface area contributed by atoms with Crippen molar-refractivity contribution >= 4 is 11.9 Å². The number of furan rings is 1. The van der Waals surface area contributed by atoms with E-state index in [0.717, 1.165) is 30.6 Å². The van der Waals surface area contributed by atoms with Gasteiger partial charge in [-0.1, -0.05) is 31.6 Å². The first-order valence-electron chi connectivity index (χ1n) is 10.4. The molecular formula is C24H30O2. The van der Waals surface area contributed by atoms with Crippen molar-refractivity contribution < 1.29 is 9.21 Å². The van der Waals surface area contributed by atoms with Gasteiger partial charge in [0.25, 0.3) is 0 Å². The molecule has 1 aromatic rings. The van der Waals surface area contributed by atoms with Gasteiger partial charge in [0, 0.05) is 11.5 Å². The van der Waals surface area contributed by atoms with Gasteiger partial charge in [-0.05, 0) is 85.2 Å². The molecule has 138 valence electrons. The van der Waals surface area contributed by atoms with Crippen molar-refractivity contribution in [1.82, 2.24) is 0 Å². The smallest absolute Gasteiger partial charge is 0.123 e. The van der Waals surface area contributed by atoms with Crippen LogP contribution in [-0.4, -0.2) is 6.29 Å². The number of hydrogen-bond donors (Lipinski definition) is 0. The van der Waals surface area contributed by atoms with E-state index in [-0.39, 0.29) is 5.92 Å². The summed E-state index contributed by atoms with van der Waals surface area (Å²) in [5, 5.41) is 0. The number of aldehydes is 1. The molecule has 4 aliphatic rings. The van der Waals surface area contributed by atoms with Crippen LogP contribution in [0.15, 0.2) is 40.7 Å². The predicted octanol–water partition coefficient (Wildman–Crippen LogP) is 6.05. The third-order valence-electron chi connectivity index (χ3n) is 8.75. The second kappa shape index (κ2) is 5.71. The SMILES string of the molecule is C[C@]12CCC(C=O)CC1=CC[C@@H]1[C@@H]2CC[C@]2(C)C(c3ccoc3)=CC[C@@H]12. The van der Waals surface area contributed by atoms with Crippen LogP contribution >= 0.6 is 0 Å². The van der Waals surface area contributed by atoms with Gasteiger partial charge in [-0.3, -0.25) is 0 Å². The second-order valence-corrected chi connectivity index (χ2v) is 9.72.